The summed E-state index contributed by atoms with van der Waals surface area (Å²) in [6.45, 7) is 4.53. The summed E-state index contributed by atoms with van der Waals surface area (Å²) in [5.74, 6) is -0.529. The summed E-state index contributed by atoms with van der Waals surface area (Å²) in [6.07, 6.45) is -1.78. The smallest absolute Gasteiger partial charge is 0.458 e. The third kappa shape index (κ3) is 4.39. The van der Waals surface area contributed by atoms with E-state index in [0.717, 1.165) is 11.3 Å². The lowest BCUT2D eigenvalue weighted by atomic mass is 10.2. The molecule has 28 heavy (non-hydrogen) atoms. The van der Waals surface area contributed by atoms with Crippen LogP contribution in [0.25, 0.3) is 10.3 Å². The molecule has 0 spiro atoms. The Balaban J connectivity index is 1.83. The fourth-order valence-electron chi connectivity index (χ4n) is 2.83. The zero-order valence-electron chi connectivity index (χ0n) is 15.5. The van der Waals surface area contributed by atoms with Crippen molar-refractivity contribution in [1.82, 2.24) is 14.5 Å². The quantitative estimate of drug-likeness (QED) is 0.711. The average Bonchev–Trinajstić information content (AvgIpc) is 3.11. The molecular formula is C16H20N4O7S. The third-order valence-corrected chi connectivity index (χ3v) is 4.69. The van der Waals surface area contributed by atoms with Gasteiger partial charge >= 0.3 is 17.0 Å². The molecule has 3 atom stereocenters. The van der Waals surface area contributed by atoms with Crippen molar-refractivity contribution in [3.63, 3.8) is 0 Å². The van der Waals surface area contributed by atoms with E-state index in [1.54, 1.807) is 13.8 Å². The van der Waals surface area contributed by atoms with Gasteiger partial charge in [-0.3, -0.25) is 14.2 Å². The summed E-state index contributed by atoms with van der Waals surface area (Å²) in [7, 11) is 0. The fourth-order valence-corrected chi connectivity index (χ4v) is 3.65. The molecule has 3 heterocycles. The van der Waals surface area contributed by atoms with E-state index in [-0.39, 0.29) is 35.6 Å². The number of nitrogens with zero attached hydrogens (tertiary/aromatic N) is 3. The standard InChI is InChI=1S/C16H20N4O7S/c1-7(2)25-16(23)24-6-9-4-10(26-8(3)21)13(27-9)20-12-11(28-15(20)22)5-18-14(17)19-12/h5,7,9-10,13H,4,6H2,1-3H3,(H2,17,18,19)/t9-,10+,13+/m0/s1. The molecule has 0 amide bonds. The molecule has 2 N–H and O–H groups in total. The van der Waals surface area contributed by atoms with E-state index < -0.39 is 30.6 Å². The van der Waals surface area contributed by atoms with E-state index in [9.17, 15) is 14.4 Å². The van der Waals surface area contributed by atoms with Crippen molar-refractivity contribution in [2.45, 2.75) is 51.7 Å². The number of thiazole rings is 1. The molecular weight excluding hydrogens is 392 g/mol. The maximum absolute atomic E-state index is 12.5. The highest BCUT2D eigenvalue weighted by Crippen LogP contribution is 2.33. The highest BCUT2D eigenvalue weighted by atomic mass is 32.1. The van der Waals surface area contributed by atoms with Gasteiger partial charge in [-0.15, -0.1) is 0 Å². The Morgan fingerprint density at radius 2 is 2.21 bits per heavy atom. The Labute approximate surface area is 163 Å². The number of fused-ring (bicyclic) bond motifs is 1. The van der Waals surface area contributed by atoms with E-state index in [2.05, 4.69) is 9.97 Å². The van der Waals surface area contributed by atoms with Crippen LogP contribution in [-0.4, -0.2) is 51.6 Å². The lowest BCUT2D eigenvalue weighted by Crippen LogP contribution is -2.30. The number of ether oxygens (including phenoxy) is 4. The normalized spacial score (nSPS) is 21.8. The monoisotopic (exact) mass is 412 g/mol. The van der Waals surface area contributed by atoms with Gasteiger partial charge in [0.15, 0.2) is 11.9 Å². The van der Waals surface area contributed by atoms with E-state index in [1.807, 2.05) is 0 Å². The summed E-state index contributed by atoms with van der Waals surface area (Å²) in [5, 5.41) is 0. The summed E-state index contributed by atoms with van der Waals surface area (Å²) in [5.41, 5.74) is 5.92. The molecule has 3 rings (SSSR count). The van der Waals surface area contributed by atoms with Crippen molar-refractivity contribution in [2.24, 2.45) is 0 Å². The predicted molar refractivity (Wildman–Crippen MR) is 97.7 cm³/mol. The van der Waals surface area contributed by atoms with Crippen LogP contribution in [0.2, 0.25) is 0 Å². The van der Waals surface area contributed by atoms with Gasteiger partial charge in [0, 0.05) is 13.3 Å². The topological polar surface area (TPSA) is 145 Å². The van der Waals surface area contributed by atoms with Gasteiger partial charge in [-0.25, -0.2) is 9.78 Å². The first-order valence-corrected chi connectivity index (χ1v) is 9.36. The molecule has 0 radical (unpaired) electrons. The molecule has 0 unspecified atom stereocenters. The zero-order chi connectivity index (χ0) is 20.4. The van der Waals surface area contributed by atoms with Gasteiger partial charge in [0.2, 0.25) is 5.95 Å². The van der Waals surface area contributed by atoms with E-state index in [0.29, 0.717) is 4.70 Å². The Morgan fingerprint density at radius 3 is 2.89 bits per heavy atom. The number of nitrogen functional groups attached to an aromatic ring is 1. The largest absolute Gasteiger partial charge is 0.508 e. The lowest BCUT2D eigenvalue weighted by Gasteiger charge is -2.19. The Morgan fingerprint density at radius 1 is 1.46 bits per heavy atom. The van der Waals surface area contributed by atoms with Crippen LogP contribution in [0.15, 0.2) is 11.0 Å². The first kappa shape index (κ1) is 20.0. The maximum Gasteiger partial charge on any atom is 0.508 e. The van der Waals surface area contributed by atoms with Gasteiger partial charge in [-0.1, -0.05) is 11.3 Å². The minimum Gasteiger partial charge on any atom is -0.458 e. The number of hydrogen-bond donors (Lipinski definition) is 1. The second kappa shape index (κ2) is 8.10. The van der Waals surface area contributed by atoms with Crippen molar-refractivity contribution < 1.29 is 28.5 Å². The van der Waals surface area contributed by atoms with E-state index >= 15 is 0 Å². The Hall–Kier alpha value is -2.73. The van der Waals surface area contributed by atoms with Crippen molar-refractivity contribution in [1.29, 1.82) is 0 Å². The molecule has 0 aromatic carbocycles. The first-order chi connectivity index (χ1) is 13.2. The molecule has 1 saturated heterocycles. The number of carbonyl (C=O) groups is 2. The highest BCUT2D eigenvalue weighted by Gasteiger charge is 2.41. The third-order valence-electron chi connectivity index (χ3n) is 3.81. The number of hydrogen-bond acceptors (Lipinski definition) is 11. The summed E-state index contributed by atoms with van der Waals surface area (Å²) in [6, 6.07) is 0. The van der Waals surface area contributed by atoms with Crippen LogP contribution in [0.5, 0.6) is 0 Å². The van der Waals surface area contributed by atoms with Gasteiger partial charge in [-0.05, 0) is 13.8 Å². The molecule has 0 saturated carbocycles. The second-order valence-electron chi connectivity index (χ2n) is 6.41. The molecule has 0 aliphatic carbocycles. The van der Waals surface area contributed by atoms with Crippen LogP contribution < -0.4 is 10.6 Å². The van der Waals surface area contributed by atoms with Gasteiger partial charge in [0.05, 0.1) is 23.1 Å². The molecule has 11 nitrogen and oxygen atoms in total. The zero-order valence-corrected chi connectivity index (χ0v) is 16.3. The lowest BCUT2D eigenvalue weighted by molar-refractivity contribution is -0.152. The fraction of sp³-hybridized carbons (Fsp3) is 0.562. The van der Waals surface area contributed by atoms with Gasteiger partial charge in [0.1, 0.15) is 12.7 Å². The van der Waals surface area contributed by atoms with Crippen molar-refractivity contribution in [3.8, 4) is 0 Å². The minimum absolute atomic E-state index is 0.00241. The SMILES string of the molecule is CC(=O)O[C@@H]1C[C@@H](COC(=O)OC(C)C)O[C@H]1n1c(=O)sc2cnc(N)nc21. The molecule has 152 valence electrons. The molecule has 1 aliphatic rings. The first-order valence-electron chi connectivity index (χ1n) is 8.54. The minimum atomic E-state index is -0.936. The summed E-state index contributed by atoms with van der Waals surface area (Å²) >= 11 is 0.923. The highest BCUT2D eigenvalue weighted by molar-refractivity contribution is 7.16. The second-order valence-corrected chi connectivity index (χ2v) is 7.41. The Kier molecular flexibility index (Phi) is 5.79. The average molecular weight is 412 g/mol. The Bertz CT molecular complexity index is 941. The summed E-state index contributed by atoms with van der Waals surface area (Å²) < 4.78 is 22.9. The molecule has 1 aliphatic heterocycles. The van der Waals surface area contributed by atoms with Crippen LogP contribution >= 0.6 is 11.3 Å². The van der Waals surface area contributed by atoms with E-state index in [1.165, 1.54) is 17.7 Å². The number of esters is 1. The maximum atomic E-state index is 12.5. The molecule has 0 bridgehead atoms. The molecule has 1 fully saturated rings. The number of rotatable bonds is 5. The van der Waals surface area contributed by atoms with Crippen LogP contribution in [-0.2, 0) is 23.7 Å². The van der Waals surface area contributed by atoms with Gasteiger partial charge in [0.25, 0.3) is 0 Å². The van der Waals surface area contributed by atoms with Crippen molar-refractivity contribution in [3.05, 3.63) is 15.9 Å². The van der Waals surface area contributed by atoms with Crippen LogP contribution in [0.3, 0.4) is 0 Å². The number of anilines is 1. The van der Waals surface area contributed by atoms with E-state index in [4.69, 9.17) is 24.7 Å². The van der Waals surface area contributed by atoms with Crippen LogP contribution in [0.1, 0.15) is 33.4 Å². The summed E-state index contributed by atoms with van der Waals surface area (Å²) in [4.78, 5) is 43.2. The molecule has 12 heteroatoms. The van der Waals surface area contributed by atoms with Crippen molar-refractivity contribution in [2.75, 3.05) is 12.3 Å². The van der Waals surface area contributed by atoms with Crippen molar-refractivity contribution >= 4 is 39.8 Å². The number of aromatic nitrogens is 3. The molecule has 2 aromatic heterocycles. The van der Waals surface area contributed by atoms with Gasteiger partial charge in [-0.2, -0.15) is 4.98 Å². The number of carbonyl (C=O) groups excluding carboxylic acids is 2. The van der Waals surface area contributed by atoms with Crippen LogP contribution in [0.4, 0.5) is 10.7 Å². The molecule has 2 aromatic rings. The van der Waals surface area contributed by atoms with Crippen LogP contribution in [0, 0.1) is 0 Å². The van der Waals surface area contributed by atoms with Gasteiger partial charge < -0.3 is 24.7 Å². The predicted octanol–water partition coefficient (Wildman–Crippen LogP) is 1.22. The number of nitrogens with two attached hydrogens (primary N) is 1.